The van der Waals surface area contributed by atoms with Crippen LogP contribution in [0.4, 0.5) is 11.4 Å². The Morgan fingerprint density at radius 1 is 1.00 bits per heavy atom. The second kappa shape index (κ2) is 7.49. The molecule has 1 fully saturated rings. The number of amides is 1. The summed E-state index contributed by atoms with van der Waals surface area (Å²) in [7, 11) is 0. The molecule has 0 saturated carbocycles. The molecule has 6 nitrogen and oxygen atoms in total. The third-order valence-electron chi connectivity index (χ3n) is 4.33. The number of morpholine rings is 1. The van der Waals surface area contributed by atoms with Gasteiger partial charge in [-0.1, -0.05) is 6.07 Å². The van der Waals surface area contributed by atoms with E-state index in [0.717, 1.165) is 49.0 Å². The Morgan fingerprint density at radius 2 is 1.77 bits per heavy atom. The Bertz CT molecular complexity index is 811. The molecule has 1 amide bonds. The smallest absolute Gasteiger partial charge is 0.248 e. The molecule has 0 bridgehead atoms. The van der Waals surface area contributed by atoms with Crippen LogP contribution in [-0.4, -0.2) is 39.0 Å². The summed E-state index contributed by atoms with van der Waals surface area (Å²) in [6.45, 7) is 3.53. The standard InChI is InChI=1S/C20H20N2O4/c23-20(8-2-15-1-7-18-19(13-15)26-14-25-18)21-16-3-5-17(6-4-16)22-9-11-24-12-10-22/h1-8,13H,9-12,14H2,(H,21,23). The molecule has 0 atom stereocenters. The molecule has 1 saturated heterocycles. The van der Waals surface area contributed by atoms with Crippen LogP contribution in [0, 0.1) is 0 Å². The van der Waals surface area contributed by atoms with E-state index in [-0.39, 0.29) is 12.7 Å². The van der Waals surface area contributed by atoms with Gasteiger partial charge in [0.25, 0.3) is 0 Å². The highest BCUT2D eigenvalue weighted by Gasteiger charge is 2.13. The van der Waals surface area contributed by atoms with Crippen LogP contribution in [0.3, 0.4) is 0 Å². The van der Waals surface area contributed by atoms with Gasteiger partial charge in [0.15, 0.2) is 11.5 Å². The van der Waals surface area contributed by atoms with Gasteiger partial charge in [-0.3, -0.25) is 4.79 Å². The van der Waals surface area contributed by atoms with Crippen LogP contribution in [0.25, 0.3) is 6.08 Å². The number of hydrogen-bond donors (Lipinski definition) is 1. The Morgan fingerprint density at radius 3 is 2.58 bits per heavy atom. The Hall–Kier alpha value is -2.99. The molecule has 6 heteroatoms. The number of carbonyl (C=O) groups is 1. The average molecular weight is 352 g/mol. The van der Waals surface area contributed by atoms with Crippen molar-refractivity contribution in [1.29, 1.82) is 0 Å². The molecule has 2 aliphatic heterocycles. The molecular formula is C20H20N2O4. The summed E-state index contributed by atoms with van der Waals surface area (Å²) in [5, 5.41) is 2.87. The molecule has 0 aromatic heterocycles. The van der Waals surface area contributed by atoms with Crippen molar-refractivity contribution in [3.8, 4) is 11.5 Å². The fraction of sp³-hybridized carbons (Fsp3) is 0.250. The van der Waals surface area contributed by atoms with Gasteiger partial charge < -0.3 is 24.4 Å². The molecule has 26 heavy (non-hydrogen) atoms. The number of anilines is 2. The first kappa shape index (κ1) is 16.5. The van der Waals surface area contributed by atoms with Crippen molar-refractivity contribution in [2.75, 3.05) is 43.3 Å². The van der Waals surface area contributed by atoms with Crippen LogP contribution >= 0.6 is 0 Å². The molecule has 2 heterocycles. The monoisotopic (exact) mass is 352 g/mol. The van der Waals surface area contributed by atoms with Crippen LogP contribution in [0.15, 0.2) is 48.5 Å². The van der Waals surface area contributed by atoms with Gasteiger partial charge in [0, 0.05) is 30.5 Å². The number of carbonyl (C=O) groups excluding carboxylic acids is 1. The van der Waals surface area contributed by atoms with E-state index >= 15 is 0 Å². The predicted molar refractivity (Wildman–Crippen MR) is 99.7 cm³/mol. The number of rotatable bonds is 4. The molecule has 4 rings (SSSR count). The molecule has 2 aromatic rings. The maximum Gasteiger partial charge on any atom is 0.248 e. The predicted octanol–water partition coefficient (Wildman–Crippen LogP) is 2.90. The molecule has 0 radical (unpaired) electrons. The van der Waals surface area contributed by atoms with E-state index in [2.05, 4.69) is 10.2 Å². The minimum atomic E-state index is -0.179. The summed E-state index contributed by atoms with van der Waals surface area (Å²) in [5.74, 6) is 1.25. The third kappa shape index (κ3) is 3.81. The van der Waals surface area contributed by atoms with Crippen molar-refractivity contribution in [3.05, 3.63) is 54.1 Å². The molecular weight excluding hydrogens is 332 g/mol. The van der Waals surface area contributed by atoms with Gasteiger partial charge in [0.1, 0.15) is 0 Å². The molecule has 0 aliphatic carbocycles. The molecule has 1 N–H and O–H groups in total. The maximum absolute atomic E-state index is 12.1. The molecule has 2 aliphatic rings. The average Bonchev–Trinajstić information content (AvgIpc) is 3.15. The van der Waals surface area contributed by atoms with Crippen molar-refractivity contribution in [3.63, 3.8) is 0 Å². The third-order valence-corrected chi connectivity index (χ3v) is 4.33. The first-order valence-corrected chi connectivity index (χ1v) is 8.59. The van der Waals surface area contributed by atoms with Gasteiger partial charge in [0.2, 0.25) is 12.7 Å². The minimum Gasteiger partial charge on any atom is -0.454 e. The lowest BCUT2D eigenvalue weighted by Crippen LogP contribution is -2.36. The highest BCUT2D eigenvalue weighted by atomic mass is 16.7. The number of nitrogens with zero attached hydrogens (tertiary/aromatic N) is 1. The van der Waals surface area contributed by atoms with Gasteiger partial charge >= 0.3 is 0 Å². The first-order chi connectivity index (χ1) is 12.8. The highest BCUT2D eigenvalue weighted by Crippen LogP contribution is 2.32. The zero-order valence-electron chi connectivity index (χ0n) is 14.3. The van der Waals surface area contributed by atoms with Gasteiger partial charge in [-0.2, -0.15) is 0 Å². The zero-order valence-corrected chi connectivity index (χ0v) is 14.3. The van der Waals surface area contributed by atoms with Crippen LogP contribution < -0.4 is 19.7 Å². The second-order valence-corrected chi connectivity index (χ2v) is 6.08. The van der Waals surface area contributed by atoms with E-state index in [1.807, 2.05) is 42.5 Å². The van der Waals surface area contributed by atoms with Gasteiger partial charge in [-0.25, -0.2) is 0 Å². The van der Waals surface area contributed by atoms with Crippen molar-refractivity contribution in [1.82, 2.24) is 0 Å². The van der Waals surface area contributed by atoms with Crippen molar-refractivity contribution < 1.29 is 19.0 Å². The van der Waals surface area contributed by atoms with Crippen molar-refractivity contribution >= 4 is 23.4 Å². The summed E-state index contributed by atoms with van der Waals surface area (Å²) in [6.07, 6.45) is 3.26. The summed E-state index contributed by atoms with van der Waals surface area (Å²) in [6, 6.07) is 13.4. The fourth-order valence-corrected chi connectivity index (χ4v) is 2.95. The number of nitrogens with one attached hydrogen (secondary N) is 1. The Balaban J connectivity index is 1.35. The van der Waals surface area contributed by atoms with Crippen LogP contribution in [0.5, 0.6) is 11.5 Å². The number of benzene rings is 2. The highest BCUT2D eigenvalue weighted by molar-refractivity contribution is 6.02. The summed E-state index contributed by atoms with van der Waals surface area (Å²) in [5.41, 5.74) is 2.79. The molecule has 2 aromatic carbocycles. The summed E-state index contributed by atoms with van der Waals surface area (Å²) in [4.78, 5) is 14.4. The number of ether oxygens (including phenoxy) is 3. The van der Waals surface area contributed by atoms with E-state index in [9.17, 15) is 4.79 Å². The SMILES string of the molecule is O=C(C=Cc1ccc2c(c1)OCO2)Nc1ccc(N2CCOCC2)cc1. The van der Waals surface area contributed by atoms with E-state index in [1.54, 1.807) is 6.08 Å². The van der Waals surface area contributed by atoms with Gasteiger partial charge in [-0.15, -0.1) is 0 Å². The van der Waals surface area contributed by atoms with Crippen LogP contribution in [-0.2, 0) is 9.53 Å². The first-order valence-electron chi connectivity index (χ1n) is 8.59. The lowest BCUT2D eigenvalue weighted by Gasteiger charge is -2.28. The minimum absolute atomic E-state index is 0.179. The number of hydrogen-bond acceptors (Lipinski definition) is 5. The molecule has 0 spiro atoms. The maximum atomic E-state index is 12.1. The lowest BCUT2D eigenvalue weighted by atomic mass is 10.2. The summed E-state index contributed by atoms with van der Waals surface area (Å²) >= 11 is 0. The van der Waals surface area contributed by atoms with E-state index in [0.29, 0.717) is 5.75 Å². The van der Waals surface area contributed by atoms with Gasteiger partial charge in [-0.05, 0) is 48.0 Å². The lowest BCUT2D eigenvalue weighted by molar-refractivity contribution is -0.111. The molecule has 134 valence electrons. The van der Waals surface area contributed by atoms with E-state index in [1.165, 1.54) is 6.08 Å². The Kier molecular flexibility index (Phi) is 4.75. The van der Waals surface area contributed by atoms with Crippen molar-refractivity contribution in [2.45, 2.75) is 0 Å². The molecule has 0 unspecified atom stereocenters. The van der Waals surface area contributed by atoms with Crippen LogP contribution in [0.2, 0.25) is 0 Å². The zero-order chi connectivity index (χ0) is 17.8. The quantitative estimate of drug-likeness (QED) is 0.858. The van der Waals surface area contributed by atoms with Crippen LogP contribution in [0.1, 0.15) is 5.56 Å². The fourth-order valence-electron chi connectivity index (χ4n) is 2.95. The number of fused-ring (bicyclic) bond motifs is 1. The van der Waals surface area contributed by atoms with Gasteiger partial charge in [0.05, 0.1) is 13.2 Å². The van der Waals surface area contributed by atoms with E-state index < -0.39 is 0 Å². The Labute approximate surface area is 152 Å². The topological polar surface area (TPSA) is 60.0 Å². The largest absolute Gasteiger partial charge is 0.454 e. The summed E-state index contributed by atoms with van der Waals surface area (Å²) < 4.78 is 16.0. The second-order valence-electron chi connectivity index (χ2n) is 6.08. The van der Waals surface area contributed by atoms with Crippen molar-refractivity contribution in [2.24, 2.45) is 0 Å². The normalized spacial score (nSPS) is 16.1. The van der Waals surface area contributed by atoms with E-state index in [4.69, 9.17) is 14.2 Å².